The van der Waals surface area contributed by atoms with Gasteiger partial charge in [-0.25, -0.2) is 0 Å². The van der Waals surface area contributed by atoms with Crippen molar-refractivity contribution in [3.8, 4) is 22.8 Å². The highest BCUT2D eigenvalue weighted by Crippen LogP contribution is 2.29. The van der Waals surface area contributed by atoms with E-state index in [1.807, 2.05) is 43.3 Å². The van der Waals surface area contributed by atoms with Crippen LogP contribution in [0.15, 0.2) is 59.1 Å². The van der Waals surface area contributed by atoms with Crippen LogP contribution in [-0.2, 0) is 6.61 Å². The number of carbonyl (C=O) groups is 1. The van der Waals surface area contributed by atoms with Gasteiger partial charge in [0, 0.05) is 17.2 Å². The van der Waals surface area contributed by atoms with E-state index < -0.39 is 0 Å². The van der Waals surface area contributed by atoms with Crippen LogP contribution in [0.25, 0.3) is 11.3 Å². The summed E-state index contributed by atoms with van der Waals surface area (Å²) in [7, 11) is 0. The quantitative estimate of drug-likeness (QED) is 0.612. The monoisotopic (exact) mass is 323 g/mol. The number of hydrogen-bond acceptors (Lipinski definition) is 5. The van der Waals surface area contributed by atoms with E-state index in [1.165, 1.54) is 0 Å². The molecule has 5 heteroatoms. The Morgan fingerprint density at radius 2 is 1.88 bits per heavy atom. The second-order valence-corrected chi connectivity index (χ2v) is 5.09. The van der Waals surface area contributed by atoms with Gasteiger partial charge >= 0.3 is 0 Å². The maximum Gasteiger partial charge on any atom is 0.167 e. The fourth-order valence-electron chi connectivity index (χ4n) is 2.26. The van der Waals surface area contributed by atoms with Crippen LogP contribution in [0.5, 0.6) is 11.5 Å². The molecule has 0 fully saturated rings. The highest BCUT2D eigenvalue weighted by atomic mass is 16.5. The van der Waals surface area contributed by atoms with E-state index >= 15 is 0 Å². The Labute approximate surface area is 139 Å². The number of hydrogen-bond donors (Lipinski definition) is 0. The zero-order valence-electron chi connectivity index (χ0n) is 13.3. The first kappa shape index (κ1) is 15.8. The standard InChI is InChI=1S/C19H17NO4/c1-2-22-19-10-14(12-21)8-9-17(19)23-13-16-11-18(24-20-16)15-6-4-3-5-7-15/h3-12H,2,13H2,1H3. The largest absolute Gasteiger partial charge is 0.490 e. The summed E-state index contributed by atoms with van der Waals surface area (Å²) < 4.78 is 16.6. The molecular formula is C19H17NO4. The summed E-state index contributed by atoms with van der Waals surface area (Å²) in [6.07, 6.45) is 0.774. The predicted molar refractivity (Wildman–Crippen MR) is 89.3 cm³/mol. The molecule has 0 spiro atoms. The van der Waals surface area contributed by atoms with Gasteiger partial charge < -0.3 is 14.0 Å². The van der Waals surface area contributed by atoms with Gasteiger partial charge in [-0.3, -0.25) is 4.79 Å². The molecular weight excluding hydrogens is 306 g/mol. The molecule has 0 saturated carbocycles. The Hall–Kier alpha value is -3.08. The van der Waals surface area contributed by atoms with Crippen molar-refractivity contribution in [1.29, 1.82) is 0 Å². The molecule has 3 aromatic rings. The summed E-state index contributed by atoms with van der Waals surface area (Å²) in [5.74, 6) is 1.79. The number of rotatable bonds is 7. The minimum atomic E-state index is 0.247. The molecule has 0 amide bonds. The molecule has 1 heterocycles. The summed E-state index contributed by atoms with van der Waals surface area (Å²) in [5, 5.41) is 4.02. The molecule has 0 unspecified atom stereocenters. The third-order valence-electron chi connectivity index (χ3n) is 3.40. The van der Waals surface area contributed by atoms with E-state index in [4.69, 9.17) is 14.0 Å². The first-order chi connectivity index (χ1) is 11.8. The van der Waals surface area contributed by atoms with Crippen LogP contribution in [0.4, 0.5) is 0 Å². The zero-order chi connectivity index (χ0) is 16.8. The van der Waals surface area contributed by atoms with Crippen molar-refractivity contribution in [2.24, 2.45) is 0 Å². The zero-order valence-corrected chi connectivity index (χ0v) is 13.3. The lowest BCUT2D eigenvalue weighted by Gasteiger charge is -2.11. The van der Waals surface area contributed by atoms with Gasteiger partial charge in [-0.1, -0.05) is 35.5 Å². The lowest BCUT2D eigenvalue weighted by atomic mass is 10.2. The van der Waals surface area contributed by atoms with Crippen LogP contribution in [0, 0.1) is 0 Å². The van der Waals surface area contributed by atoms with Gasteiger partial charge in [0.1, 0.15) is 18.6 Å². The minimum Gasteiger partial charge on any atom is -0.490 e. The third-order valence-corrected chi connectivity index (χ3v) is 3.40. The van der Waals surface area contributed by atoms with Crippen molar-refractivity contribution in [1.82, 2.24) is 5.16 Å². The first-order valence-electron chi connectivity index (χ1n) is 7.66. The van der Waals surface area contributed by atoms with Crippen molar-refractivity contribution in [2.75, 3.05) is 6.61 Å². The molecule has 24 heavy (non-hydrogen) atoms. The number of ether oxygens (including phenoxy) is 2. The molecule has 0 aliphatic rings. The maximum atomic E-state index is 10.9. The van der Waals surface area contributed by atoms with Crippen molar-refractivity contribution in [2.45, 2.75) is 13.5 Å². The first-order valence-corrected chi connectivity index (χ1v) is 7.66. The van der Waals surface area contributed by atoms with Crippen LogP contribution in [0.3, 0.4) is 0 Å². The lowest BCUT2D eigenvalue weighted by molar-refractivity contribution is 0.112. The van der Waals surface area contributed by atoms with Gasteiger partial charge in [-0.15, -0.1) is 0 Å². The van der Waals surface area contributed by atoms with E-state index in [-0.39, 0.29) is 6.61 Å². The smallest absolute Gasteiger partial charge is 0.167 e. The highest BCUT2D eigenvalue weighted by molar-refractivity contribution is 5.76. The van der Waals surface area contributed by atoms with Crippen LogP contribution < -0.4 is 9.47 Å². The van der Waals surface area contributed by atoms with Gasteiger partial charge in [0.25, 0.3) is 0 Å². The van der Waals surface area contributed by atoms with E-state index in [9.17, 15) is 4.79 Å². The number of aldehydes is 1. The van der Waals surface area contributed by atoms with Crippen LogP contribution in [0.2, 0.25) is 0 Å². The topological polar surface area (TPSA) is 61.6 Å². The van der Waals surface area contributed by atoms with Gasteiger partial charge in [-0.2, -0.15) is 0 Å². The molecule has 0 radical (unpaired) electrons. The summed E-state index contributed by atoms with van der Waals surface area (Å²) in [6, 6.07) is 16.6. The molecule has 0 atom stereocenters. The Morgan fingerprint density at radius 3 is 2.62 bits per heavy atom. The van der Waals surface area contributed by atoms with Crippen LogP contribution >= 0.6 is 0 Å². The lowest BCUT2D eigenvalue weighted by Crippen LogP contribution is -2.00. The molecule has 0 N–H and O–H groups in total. The Kier molecular flexibility index (Phi) is 4.91. The van der Waals surface area contributed by atoms with Crippen molar-refractivity contribution < 1.29 is 18.8 Å². The molecule has 0 aliphatic carbocycles. The molecule has 0 aliphatic heterocycles. The van der Waals surface area contributed by atoms with E-state index in [2.05, 4.69) is 5.16 Å². The van der Waals surface area contributed by atoms with Crippen LogP contribution in [0.1, 0.15) is 23.0 Å². The molecule has 2 aromatic carbocycles. The molecule has 122 valence electrons. The molecule has 0 saturated heterocycles. The maximum absolute atomic E-state index is 10.9. The number of nitrogens with zero attached hydrogens (tertiary/aromatic N) is 1. The van der Waals surface area contributed by atoms with Crippen LogP contribution in [-0.4, -0.2) is 18.0 Å². The second kappa shape index (κ2) is 7.46. The highest BCUT2D eigenvalue weighted by Gasteiger charge is 2.10. The second-order valence-electron chi connectivity index (χ2n) is 5.09. The van der Waals surface area contributed by atoms with Crippen molar-refractivity contribution in [3.63, 3.8) is 0 Å². The molecule has 0 bridgehead atoms. The third kappa shape index (κ3) is 3.63. The summed E-state index contributed by atoms with van der Waals surface area (Å²) in [5.41, 5.74) is 2.18. The van der Waals surface area contributed by atoms with Crippen molar-refractivity contribution in [3.05, 3.63) is 65.9 Å². The average Bonchev–Trinajstić information content (AvgIpc) is 3.10. The van der Waals surface area contributed by atoms with Gasteiger partial charge in [0.05, 0.1) is 6.61 Å². The van der Waals surface area contributed by atoms with E-state index in [1.54, 1.807) is 18.2 Å². The normalized spacial score (nSPS) is 10.4. The molecule has 3 rings (SSSR count). The molecule has 1 aromatic heterocycles. The summed E-state index contributed by atoms with van der Waals surface area (Å²) in [4.78, 5) is 10.9. The fourth-order valence-corrected chi connectivity index (χ4v) is 2.26. The SMILES string of the molecule is CCOc1cc(C=O)ccc1OCc1cc(-c2ccccc2)on1. The number of aromatic nitrogens is 1. The number of carbonyl (C=O) groups excluding carboxylic acids is 1. The van der Waals surface area contributed by atoms with Gasteiger partial charge in [-0.05, 0) is 25.1 Å². The van der Waals surface area contributed by atoms with E-state index in [0.717, 1.165) is 11.8 Å². The summed E-state index contributed by atoms with van der Waals surface area (Å²) >= 11 is 0. The summed E-state index contributed by atoms with van der Waals surface area (Å²) in [6.45, 7) is 2.61. The Balaban J connectivity index is 1.72. The Bertz CT molecular complexity index is 811. The average molecular weight is 323 g/mol. The molecule has 5 nitrogen and oxygen atoms in total. The fraction of sp³-hybridized carbons (Fsp3) is 0.158. The Morgan fingerprint density at radius 1 is 1.04 bits per heavy atom. The predicted octanol–water partition coefficient (Wildman–Crippen LogP) is 4.13. The van der Waals surface area contributed by atoms with E-state index in [0.29, 0.717) is 35.1 Å². The van der Waals surface area contributed by atoms with Crippen molar-refractivity contribution >= 4 is 6.29 Å². The number of benzene rings is 2. The van der Waals surface area contributed by atoms with Gasteiger partial charge in [0.15, 0.2) is 17.3 Å². The minimum absolute atomic E-state index is 0.247. The van der Waals surface area contributed by atoms with Gasteiger partial charge in [0.2, 0.25) is 0 Å².